The van der Waals surface area contributed by atoms with Crippen LogP contribution in [-0.4, -0.2) is 4.92 Å². The topological polar surface area (TPSA) is 43.1 Å². The molecule has 0 aromatic carbocycles. The molecule has 0 saturated carbocycles. The molecule has 0 N–H and O–H groups in total. The summed E-state index contributed by atoms with van der Waals surface area (Å²) in [6.45, 7) is 2.09. The summed E-state index contributed by atoms with van der Waals surface area (Å²) in [5.74, 6) is 0. The number of nitrogens with zero attached hydrogens (tertiary/aromatic N) is 1. The summed E-state index contributed by atoms with van der Waals surface area (Å²) in [7, 11) is 0. The first-order chi connectivity index (χ1) is 6.24. The maximum absolute atomic E-state index is 10.4. The summed E-state index contributed by atoms with van der Waals surface area (Å²) in [5, 5.41) is 10.4. The van der Waals surface area contributed by atoms with Crippen molar-refractivity contribution >= 4 is 0 Å². The molecule has 0 unspecified atom stereocenters. The zero-order chi connectivity index (χ0) is 9.68. The maximum atomic E-state index is 10.4. The molecule has 70 valence electrons. The summed E-state index contributed by atoms with van der Waals surface area (Å²) in [5.41, 5.74) is 1.43. The van der Waals surface area contributed by atoms with Crippen LogP contribution in [0.4, 0.5) is 0 Å². The smallest absolute Gasteiger partial charge is 0.249 e. The first kappa shape index (κ1) is 9.71. The van der Waals surface area contributed by atoms with Gasteiger partial charge in [0.1, 0.15) is 0 Å². The van der Waals surface area contributed by atoms with Crippen LogP contribution in [-0.2, 0) is 0 Å². The highest BCUT2D eigenvalue weighted by Gasteiger charge is 2.08. The Morgan fingerprint density at radius 1 is 1.54 bits per heavy atom. The van der Waals surface area contributed by atoms with Crippen molar-refractivity contribution in [3.05, 3.63) is 45.7 Å². The van der Waals surface area contributed by atoms with Crippen molar-refractivity contribution in [2.75, 3.05) is 0 Å². The van der Waals surface area contributed by atoms with E-state index in [9.17, 15) is 10.1 Å². The van der Waals surface area contributed by atoms with Crippen LogP contribution >= 0.6 is 0 Å². The lowest BCUT2D eigenvalue weighted by atomic mass is 10.1. The van der Waals surface area contributed by atoms with Crippen LogP contribution in [0.1, 0.15) is 26.2 Å². The lowest BCUT2D eigenvalue weighted by Crippen LogP contribution is -1.95. The average Bonchev–Trinajstić information content (AvgIpc) is 2.30. The van der Waals surface area contributed by atoms with Crippen LogP contribution < -0.4 is 0 Å². The fraction of sp³-hybridized carbons (Fsp3) is 0.400. The number of nitro groups is 1. The molecule has 0 aromatic heterocycles. The van der Waals surface area contributed by atoms with Crippen LogP contribution in [0.2, 0.25) is 0 Å². The van der Waals surface area contributed by atoms with E-state index in [4.69, 9.17) is 0 Å². The second-order valence-corrected chi connectivity index (χ2v) is 3.01. The van der Waals surface area contributed by atoms with Gasteiger partial charge in [-0.05, 0) is 12.0 Å². The molecule has 0 atom stereocenters. The number of hydrogen-bond donors (Lipinski definition) is 0. The molecular formula is C10H13NO2. The highest BCUT2D eigenvalue weighted by Crippen LogP contribution is 2.14. The number of allylic oxidation sites excluding steroid dienone is 5. The second kappa shape index (κ2) is 4.60. The van der Waals surface area contributed by atoms with Gasteiger partial charge >= 0.3 is 0 Å². The monoisotopic (exact) mass is 179 g/mol. The third-order valence-corrected chi connectivity index (χ3v) is 1.92. The lowest BCUT2D eigenvalue weighted by molar-refractivity contribution is -0.426. The molecule has 13 heavy (non-hydrogen) atoms. The molecule has 0 heterocycles. The van der Waals surface area contributed by atoms with Gasteiger partial charge in [0, 0.05) is 6.08 Å². The van der Waals surface area contributed by atoms with Crippen molar-refractivity contribution in [3.8, 4) is 0 Å². The van der Waals surface area contributed by atoms with Crippen molar-refractivity contribution in [3.63, 3.8) is 0 Å². The lowest BCUT2D eigenvalue weighted by Gasteiger charge is -1.93. The van der Waals surface area contributed by atoms with Crippen LogP contribution in [0, 0.1) is 10.1 Å². The number of rotatable bonds is 3. The van der Waals surface area contributed by atoms with Crippen LogP contribution in [0.3, 0.4) is 0 Å². The molecule has 3 heteroatoms. The Bertz CT molecular complexity index is 287. The Balaban J connectivity index is 2.76. The molecule has 0 amide bonds. The molecule has 1 aliphatic carbocycles. The summed E-state index contributed by atoms with van der Waals surface area (Å²) in [6, 6.07) is 0. The van der Waals surface area contributed by atoms with Gasteiger partial charge in [0.15, 0.2) is 0 Å². The molecule has 0 radical (unpaired) electrons. The zero-order valence-corrected chi connectivity index (χ0v) is 7.69. The summed E-state index contributed by atoms with van der Waals surface area (Å²) in [4.78, 5) is 10.1. The third-order valence-electron chi connectivity index (χ3n) is 1.92. The quantitative estimate of drug-likeness (QED) is 0.494. The van der Waals surface area contributed by atoms with E-state index in [1.54, 1.807) is 6.08 Å². The summed E-state index contributed by atoms with van der Waals surface area (Å²) >= 11 is 0. The van der Waals surface area contributed by atoms with Crippen molar-refractivity contribution in [2.45, 2.75) is 26.2 Å². The minimum atomic E-state index is -0.324. The van der Waals surface area contributed by atoms with E-state index >= 15 is 0 Å². The molecule has 1 aliphatic rings. The van der Waals surface area contributed by atoms with Crippen molar-refractivity contribution in [1.82, 2.24) is 0 Å². The van der Waals surface area contributed by atoms with Gasteiger partial charge in [-0.15, -0.1) is 0 Å². The molecule has 0 spiro atoms. The first-order valence-corrected chi connectivity index (χ1v) is 4.44. The van der Waals surface area contributed by atoms with Gasteiger partial charge in [-0.3, -0.25) is 10.1 Å². The average molecular weight is 179 g/mol. The molecule has 0 bridgehead atoms. The van der Waals surface area contributed by atoms with E-state index in [0.29, 0.717) is 6.42 Å². The highest BCUT2D eigenvalue weighted by molar-refractivity contribution is 5.28. The van der Waals surface area contributed by atoms with Gasteiger partial charge in [0.25, 0.3) is 0 Å². The summed E-state index contributed by atoms with van der Waals surface area (Å²) in [6.07, 6.45) is 9.74. The Morgan fingerprint density at radius 3 is 2.92 bits per heavy atom. The predicted molar refractivity (Wildman–Crippen MR) is 51.8 cm³/mol. The van der Waals surface area contributed by atoms with E-state index in [1.165, 1.54) is 5.57 Å². The van der Waals surface area contributed by atoms with Crippen molar-refractivity contribution in [1.29, 1.82) is 0 Å². The second-order valence-electron chi connectivity index (χ2n) is 3.01. The standard InChI is InChI=1S/C10H13NO2/c1-2-4-9-5-3-6-10(8-7-9)11(12)13/h3,5,7-8H,2,4,6H2,1H3. The van der Waals surface area contributed by atoms with Gasteiger partial charge in [-0.1, -0.05) is 31.6 Å². The molecule has 1 rings (SSSR count). The molecular weight excluding hydrogens is 166 g/mol. The highest BCUT2D eigenvalue weighted by atomic mass is 16.6. The molecule has 0 saturated heterocycles. The van der Waals surface area contributed by atoms with Crippen LogP contribution in [0.5, 0.6) is 0 Å². The fourth-order valence-electron chi connectivity index (χ4n) is 1.25. The Labute approximate surface area is 77.6 Å². The first-order valence-electron chi connectivity index (χ1n) is 4.44. The maximum Gasteiger partial charge on any atom is 0.249 e. The third kappa shape index (κ3) is 2.86. The van der Waals surface area contributed by atoms with Crippen molar-refractivity contribution in [2.24, 2.45) is 0 Å². The van der Waals surface area contributed by atoms with Gasteiger partial charge in [-0.25, -0.2) is 0 Å². The van der Waals surface area contributed by atoms with Crippen molar-refractivity contribution < 1.29 is 4.92 Å². The fourth-order valence-corrected chi connectivity index (χ4v) is 1.25. The van der Waals surface area contributed by atoms with E-state index in [-0.39, 0.29) is 10.6 Å². The Kier molecular flexibility index (Phi) is 3.43. The minimum Gasteiger partial charge on any atom is -0.259 e. The largest absolute Gasteiger partial charge is 0.259 e. The molecule has 0 fully saturated rings. The van der Waals surface area contributed by atoms with E-state index in [0.717, 1.165) is 12.8 Å². The van der Waals surface area contributed by atoms with Gasteiger partial charge in [0.2, 0.25) is 5.70 Å². The predicted octanol–water partition coefficient (Wildman–Crippen LogP) is 2.83. The minimum absolute atomic E-state index is 0.266. The molecule has 3 nitrogen and oxygen atoms in total. The Hall–Kier alpha value is -1.38. The van der Waals surface area contributed by atoms with E-state index in [1.807, 2.05) is 18.2 Å². The van der Waals surface area contributed by atoms with Gasteiger partial charge in [-0.2, -0.15) is 0 Å². The molecule has 0 aromatic rings. The van der Waals surface area contributed by atoms with Crippen LogP contribution in [0.15, 0.2) is 35.6 Å². The van der Waals surface area contributed by atoms with Crippen LogP contribution in [0.25, 0.3) is 0 Å². The normalized spacial score (nSPS) is 16.1. The van der Waals surface area contributed by atoms with E-state index < -0.39 is 0 Å². The number of hydrogen-bond acceptors (Lipinski definition) is 2. The zero-order valence-electron chi connectivity index (χ0n) is 7.69. The van der Waals surface area contributed by atoms with E-state index in [2.05, 4.69) is 6.92 Å². The van der Waals surface area contributed by atoms with Gasteiger partial charge < -0.3 is 0 Å². The Morgan fingerprint density at radius 2 is 2.31 bits per heavy atom. The summed E-state index contributed by atoms with van der Waals surface area (Å²) < 4.78 is 0. The SMILES string of the molecule is CCCC1=CC=C([N+](=O)[O-])CC=C1. The van der Waals surface area contributed by atoms with Gasteiger partial charge in [0.05, 0.1) is 11.3 Å². The molecule has 0 aliphatic heterocycles.